The van der Waals surface area contributed by atoms with Crippen LogP contribution in [-0.2, 0) is 6.42 Å². The third-order valence-electron chi connectivity index (χ3n) is 7.39. The van der Waals surface area contributed by atoms with Crippen LogP contribution in [0.1, 0.15) is 12.5 Å². The fourth-order valence-electron chi connectivity index (χ4n) is 5.36. The van der Waals surface area contributed by atoms with E-state index in [1.165, 1.54) is 33.4 Å². The summed E-state index contributed by atoms with van der Waals surface area (Å²) in [6.45, 7) is 2.20. The van der Waals surface area contributed by atoms with Crippen LogP contribution in [0.4, 0.5) is 17.1 Å². The predicted molar refractivity (Wildman–Crippen MR) is 172 cm³/mol. The first kappa shape index (κ1) is 25.5. The molecule has 6 aromatic rings. The molecule has 0 unspecified atom stereocenters. The molecule has 0 spiro atoms. The van der Waals surface area contributed by atoms with E-state index in [1.807, 2.05) is 12.1 Å². The molecule has 0 N–H and O–H groups in total. The van der Waals surface area contributed by atoms with Crippen molar-refractivity contribution >= 4 is 30.4 Å². The van der Waals surface area contributed by atoms with Gasteiger partial charge in [-0.2, -0.15) is 0 Å². The van der Waals surface area contributed by atoms with Gasteiger partial charge >= 0.3 is 0 Å². The van der Waals surface area contributed by atoms with Gasteiger partial charge in [0.1, 0.15) is 7.85 Å². The van der Waals surface area contributed by atoms with E-state index >= 15 is 0 Å². The molecule has 0 aliphatic carbocycles. The van der Waals surface area contributed by atoms with Gasteiger partial charge in [-0.3, -0.25) is 0 Å². The largest absolute Gasteiger partial charge is 0.310 e. The lowest BCUT2D eigenvalue weighted by Crippen LogP contribution is -2.12. The fourth-order valence-corrected chi connectivity index (χ4v) is 5.36. The first-order valence-corrected chi connectivity index (χ1v) is 13.8. The lowest BCUT2D eigenvalue weighted by molar-refractivity contribution is 1.14. The standard InChI is InChI=1S/C38H30BN/c1-2-28-22-23-34(27-37(28)36-20-12-13-21-38(36)39)40(33-18-10-5-11-19-33)35-25-31(29-14-6-3-7-15-29)24-32(26-35)30-16-8-4-9-17-30/h3-27H,2H2,1H3. The highest BCUT2D eigenvalue weighted by atomic mass is 15.1. The van der Waals surface area contributed by atoms with Crippen LogP contribution in [-0.4, -0.2) is 7.85 Å². The van der Waals surface area contributed by atoms with Crippen molar-refractivity contribution in [2.24, 2.45) is 0 Å². The Balaban J connectivity index is 1.59. The first-order chi connectivity index (χ1) is 19.7. The van der Waals surface area contributed by atoms with E-state index < -0.39 is 0 Å². The number of anilines is 3. The van der Waals surface area contributed by atoms with Gasteiger partial charge < -0.3 is 4.90 Å². The second kappa shape index (κ2) is 11.5. The fraction of sp³-hybridized carbons (Fsp3) is 0.0526. The van der Waals surface area contributed by atoms with Crippen molar-refractivity contribution in [3.63, 3.8) is 0 Å². The third kappa shape index (κ3) is 5.22. The van der Waals surface area contributed by atoms with Gasteiger partial charge in [-0.1, -0.05) is 122 Å². The van der Waals surface area contributed by atoms with Crippen LogP contribution in [0, 0.1) is 0 Å². The van der Waals surface area contributed by atoms with Crippen molar-refractivity contribution in [2.75, 3.05) is 4.90 Å². The maximum Gasteiger partial charge on any atom is 0.114 e. The van der Waals surface area contributed by atoms with Crippen LogP contribution >= 0.6 is 0 Å². The zero-order chi connectivity index (χ0) is 27.3. The van der Waals surface area contributed by atoms with Gasteiger partial charge in [0, 0.05) is 17.1 Å². The monoisotopic (exact) mass is 511 g/mol. The van der Waals surface area contributed by atoms with Gasteiger partial charge in [0.15, 0.2) is 0 Å². The number of benzene rings is 6. The summed E-state index contributed by atoms with van der Waals surface area (Å²) in [6, 6.07) is 53.6. The molecule has 190 valence electrons. The lowest BCUT2D eigenvalue weighted by atomic mass is 9.85. The molecule has 1 nitrogen and oxygen atoms in total. The van der Waals surface area contributed by atoms with E-state index in [4.69, 9.17) is 7.85 Å². The smallest absolute Gasteiger partial charge is 0.114 e. The molecule has 0 aromatic heterocycles. The molecule has 0 aliphatic rings. The van der Waals surface area contributed by atoms with E-state index in [-0.39, 0.29) is 0 Å². The van der Waals surface area contributed by atoms with Crippen molar-refractivity contribution in [1.82, 2.24) is 0 Å². The van der Waals surface area contributed by atoms with Crippen molar-refractivity contribution < 1.29 is 0 Å². The average molecular weight is 511 g/mol. The highest BCUT2D eigenvalue weighted by Crippen LogP contribution is 2.41. The van der Waals surface area contributed by atoms with E-state index in [0.717, 1.165) is 34.5 Å². The number of para-hydroxylation sites is 1. The quantitative estimate of drug-likeness (QED) is 0.193. The number of nitrogens with zero attached hydrogens (tertiary/aromatic N) is 1. The molecule has 6 aromatic carbocycles. The molecule has 6 rings (SSSR count). The molecular weight excluding hydrogens is 481 g/mol. The molecule has 2 radical (unpaired) electrons. The predicted octanol–water partition coefficient (Wildman–Crippen LogP) is 9.51. The first-order valence-electron chi connectivity index (χ1n) is 13.8. The molecule has 2 heteroatoms. The zero-order valence-corrected chi connectivity index (χ0v) is 22.7. The number of hydrogen-bond acceptors (Lipinski definition) is 1. The van der Waals surface area contributed by atoms with Gasteiger partial charge in [0.05, 0.1) is 0 Å². The Labute approximate surface area is 238 Å². The zero-order valence-electron chi connectivity index (χ0n) is 22.7. The van der Waals surface area contributed by atoms with Gasteiger partial charge in [-0.25, -0.2) is 0 Å². The minimum Gasteiger partial charge on any atom is -0.310 e. The molecule has 0 saturated heterocycles. The Kier molecular flexibility index (Phi) is 7.33. The van der Waals surface area contributed by atoms with Gasteiger partial charge in [-0.05, 0) is 87.8 Å². The molecule has 0 heterocycles. The highest BCUT2D eigenvalue weighted by Gasteiger charge is 2.17. The summed E-state index contributed by atoms with van der Waals surface area (Å²) in [5.41, 5.74) is 12.3. The minimum absolute atomic E-state index is 0.790. The van der Waals surface area contributed by atoms with Gasteiger partial charge in [0.2, 0.25) is 0 Å². The molecule has 0 saturated carbocycles. The summed E-state index contributed by atoms with van der Waals surface area (Å²) in [6.07, 6.45) is 0.928. The number of aryl methyl sites for hydroxylation is 1. The second-order valence-electron chi connectivity index (χ2n) is 9.95. The maximum atomic E-state index is 6.48. The summed E-state index contributed by atoms with van der Waals surface area (Å²) in [7, 11) is 6.48. The Morgan fingerprint density at radius 1 is 0.450 bits per heavy atom. The molecule has 0 aliphatic heterocycles. The van der Waals surface area contributed by atoms with Crippen LogP contribution in [0.2, 0.25) is 0 Å². The molecule has 40 heavy (non-hydrogen) atoms. The molecule has 0 amide bonds. The van der Waals surface area contributed by atoms with Crippen LogP contribution in [0.25, 0.3) is 33.4 Å². The van der Waals surface area contributed by atoms with Crippen LogP contribution in [0.5, 0.6) is 0 Å². The highest BCUT2D eigenvalue weighted by molar-refractivity contribution is 6.36. The van der Waals surface area contributed by atoms with Crippen LogP contribution < -0.4 is 10.4 Å². The number of hydrogen-bond donors (Lipinski definition) is 0. The van der Waals surface area contributed by atoms with E-state index in [9.17, 15) is 0 Å². The Hall–Kier alpha value is -4.82. The van der Waals surface area contributed by atoms with Gasteiger partial charge in [0.25, 0.3) is 0 Å². The second-order valence-corrected chi connectivity index (χ2v) is 9.95. The Morgan fingerprint density at radius 3 is 1.57 bits per heavy atom. The third-order valence-corrected chi connectivity index (χ3v) is 7.39. The number of rotatable bonds is 7. The summed E-state index contributed by atoms with van der Waals surface area (Å²) in [5, 5.41) is 0. The summed E-state index contributed by atoms with van der Waals surface area (Å²) < 4.78 is 0. The minimum atomic E-state index is 0.790. The van der Waals surface area contributed by atoms with Crippen LogP contribution in [0.3, 0.4) is 0 Å². The summed E-state index contributed by atoms with van der Waals surface area (Å²) in [5.74, 6) is 0. The van der Waals surface area contributed by atoms with E-state index in [2.05, 4.69) is 151 Å². The van der Waals surface area contributed by atoms with Crippen molar-refractivity contribution in [1.29, 1.82) is 0 Å². The summed E-state index contributed by atoms with van der Waals surface area (Å²) in [4.78, 5) is 2.35. The maximum absolute atomic E-state index is 6.48. The van der Waals surface area contributed by atoms with Crippen LogP contribution in [0.15, 0.2) is 152 Å². The Morgan fingerprint density at radius 2 is 1.00 bits per heavy atom. The molecular formula is C38H30BN. The SMILES string of the molecule is [B]c1ccccc1-c1cc(N(c2ccccc2)c2cc(-c3ccccc3)cc(-c3ccccc3)c2)ccc1CC. The van der Waals surface area contributed by atoms with Crippen molar-refractivity contribution in [3.05, 3.63) is 157 Å². The summed E-state index contributed by atoms with van der Waals surface area (Å²) >= 11 is 0. The molecule has 0 fully saturated rings. The van der Waals surface area contributed by atoms with E-state index in [1.54, 1.807) is 0 Å². The van der Waals surface area contributed by atoms with Gasteiger partial charge in [-0.15, -0.1) is 0 Å². The van der Waals surface area contributed by atoms with Crippen molar-refractivity contribution in [3.8, 4) is 33.4 Å². The topological polar surface area (TPSA) is 3.24 Å². The van der Waals surface area contributed by atoms with E-state index in [0.29, 0.717) is 0 Å². The lowest BCUT2D eigenvalue weighted by Gasteiger charge is -2.28. The Bertz CT molecular complexity index is 1670. The van der Waals surface area contributed by atoms with Crippen molar-refractivity contribution in [2.45, 2.75) is 13.3 Å². The molecule has 0 atom stereocenters. The molecule has 0 bridgehead atoms. The average Bonchev–Trinajstić information content (AvgIpc) is 3.03. The normalized spacial score (nSPS) is 10.8.